The van der Waals surface area contributed by atoms with E-state index in [0.29, 0.717) is 6.54 Å². The van der Waals surface area contributed by atoms with Crippen LogP contribution in [0.15, 0.2) is 0 Å². The number of hydrogen-bond donors (Lipinski definition) is 0. The fraction of sp³-hybridized carbons (Fsp3) is 0.667. The van der Waals surface area contributed by atoms with E-state index < -0.39 is 0 Å². The summed E-state index contributed by atoms with van der Waals surface area (Å²) in [4.78, 5) is 12.3. The zero-order chi connectivity index (χ0) is 7.28. The highest BCUT2D eigenvalue weighted by molar-refractivity contribution is 5.82. The number of likely N-dealkylation sites (N-methyl/N-ethyl adjacent to an activating group) is 1. The molecule has 0 heterocycles. The molecule has 0 aromatic heterocycles. The first-order valence-electron chi connectivity index (χ1n) is 2.70. The van der Waals surface area contributed by atoms with E-state index in [2.05, 4.69) is 0 Å². The molecule has 0 saturated carbocycles. The molecule has 0 unspecified atom stereocenters. The van der Waals surface area contributed by atoms with Gasteiger partial charge < -0.3 is 4.90 Å². The molecule has 0 aromatic carbocycles. The monoisotopic (exact) mass is 126 g/mol. The lowest BCUT2D eigenvalue weighted by atomic mass is 10.3. The summed E-state index contributed by atoms with van der Waals surface area (Å²) < 4.78 is 0. The van der Waals surface area contributed by atoms with Crippen molar-refractivity contribution in [2.75, 3.05) is 20.6 Å². The zero-order valence-corrected chi connectivity index (χ0v) is 5.72. The summed E-state index contributed by atoms with van der Waals surface area (Å²) in [5.74, 6) is -0.0255. The number of ketones is 1. The Kier molecular flexibility index (Phi) is 3.65. The van der Waals surface area contributed by atoms with E-state index in [1.165, 1.54) is 0 Å². The van der Waals surface area contributed by atoms with Crippen LogP contribution in [0.3, 0.4) is 0 Å². The van der Waals surface area contributed by atoms with Gasteiger partial charge in [-0.1, -0.05) is 0 Å². The minimum Gasteiger partial charge on any atom is -0.302 e. The molecule has 0 rings (SSSR count). The van der Waals surface area contributed by atoms with Crippen molar-refractivity contribution in [3.8, 4) is 6.07 Å². The van der Waals surface area contributed by atoms with Crippen LogP contribution in [0.2, 0.25) is 0 Å². The molecule has 0 radical (unpaired) electrons. The van der Waals surface area contributed by atoms with Crippen molar-refractivity contribution in [1.82, 2.24) is 4.90 Å². The van der Waals surface area contributed by atoms with Gasteiger partial charge in [0, 0.05) is 0 Å². The molecule has 0 spiro atoms. The minimum atomic E-state index is -0.0255. The number of rotatable bonds is 3. The molecule has 0 saturated heterocycles. The first-order valence-corrected chi connectivity index (χ1v) is 2.70. The van der Waals surface area contributed by atoms with Crippen molar-refractivity contribution < 1.29 is 4.79 Å². The maximum absolute atomic E-state index is 10.6. The highest BCUT2D eigenvalue weighted by atomic mass is 16.1. The molecule has 0 bridgehead atoms. The lowest BCUT2D eigenvalue weighted by Gasteiger charge is -2.04. The Balaban J connectivity index is 3.42. The quantitative estimate of drug-likeness (QED) is 0.536. The van der Waals surface area contributed by atoms with Gasteiger partial charge in [0.2, 0.25) is 0 Å². The van der Waals surface area contributed by atoms with Crippen LogP contribution in [0.4, 0.5) is 0 Å². The second-order valence-electron chi connectivity index (χ2n) is 2.11. The number of carbonyl (C=O) groups is 1. The smallest absolute Gasteiger partial charge is 0.160 e. The summed E-state index contributed by atoms with van der Waals surface area (Å²) in [6, 6.07) is 1.80. The third kappa shape index (κ3) is 4.98. The third-order valence-corrected chi connectivity index (χ3v) is 0.769. The summed E-state index contributed by atoms with van der Waals surface area (Å²) >= 11 is 0. The Morgan fingerprint density at radius 2 is 2.22 bits per heavy atom. The predicted molar refractivity (Wildman–Crippen MR) is 33.8 cm³/mol. The molecule has 50 valence electrons. The van der Waals surface area contributed by atoms with Crippen molar-refractivity contribution in [1.29, 1.82) is 5.26 Å². The highest BCUT2D eigenvalue weighted by Crippen LogP contribution is 1.81. The van der Waals surface area contributed by atoms with E-state index >= 15 is 0 Å². The lowest BCUT2D eigenvalue weighted by molar-refractivity contribution is -0.118. The van der Waals surface area contributed by atoms with Gasteiger partial charge >= 0.3 is 0 Å². The fourth-order valence-electron chi connectivity index (χ4n) is 0.497. The molecule has 0 aliphatic heterocycles. The summed E-state index contributed by atoms with van der Waals surface area (Å²) in [5, 5.41) is 8.06. The number of nitriles is 1. The first-order chi connectivity index (χ1) is 4.16. The van der Waals surface area contributed by atoms with Crippen molar-refractivity contribution in [3.05, 3.63) is 0 Å². The summed E-state index contributed by atoms with van der Waals surface area (Å²) in [6.07, 6.45) is 0.0260. The third-order valence-electron chi connectivity index (χ3n) is 0.769. The van der Waals surface area contributed by atoms with Gasteiger partial charge in [-0.15, -0.1) is 0 Å². The number of nitrogens with zero attached hydrogens (tertiary/aromatic N) is 2. The van der Waals surface area contributed by atoms with Crippen LogP contribution in [0.5, 0.6) is 0 Å². The van der Waals surface area contributed by atoms with E-state index in [-0.39, 0.29) is 12.2 Å². The van der Waals surface area contributed by atoms with Crippen LogP contribution in [-0.2, 0) is 4.79 Å². The van der Waals surface area contributed by atoms with Crippen molar-refractivity contribution in [2.24, 2.45) is 0 Å². The standard InChI is InChI=1S/C6H10N2O/c1-8(2)5-6(9)3-4-7/h3,5H2,1-2H3. The van der Waals surface area contributed by atoms with Gasteiger partial charge in [0.15, 0.2) is 5.78 Å². The number of hydrogen-bond acceptors (Lipinski definition) is 3. The van der Waals surface area contributed by atoms with Crippen LogP contribution in [0.25, 0.3) is 0 Å². The lowest BCUT2D eigenvalue weighted by Crippen LogP contribution is -2.20. The van der Waals surface area contributed by atoms with E-state index in [4.69, 9.17) is 5.26 Å². The fourth-order valence-corrected chi connectivity index (χ4v) is 0.497. The molecule has 0 aliphatic carbocycles. The van der Waals surface area contributed by atoms with E-state index in [1.807, 2.05) is 0 Å². The SMILES string of the molecule is CN(C)CC(=O)CC#N. The topological polar surface area (TPSA) is 44.1 Å². The Hall–Kier alpha value is -0.880. The average Bonchev–Trinajstić information content (AvgIpc) is 1.63. The maximum Gasteiger partial charge on any atom is 0.160 e. The van der Waals surface area contributed by atoms with Crippen molar-refractivity contribution in [3.63, 3.8) is 0 Å². The van der Waals surface area contributed by atoms with E-state index in [0.717, 1.165) is 0 Å². The van der Waals surface area contributed by atoms with Crippen molar-refractivity contribution in [2.45, 2.75) is 6.42 Å². The van der Waals surface area contributed by atoms with E-state index in [1.54, 1.807) is 25.1 Å². The Labute approximate surface area is 54.9 Å². The maximum atomic E-state index is 10.6. The van der Waals surface area contributed by atoms with Gasteiger partial charge in [-0.05, 0) is 14.1 Å². The summed E-state index contributed by atoms with van der Waals surface area (Å²) in [6.45, 7) is 0.369. The van der Waals surface area contributed by atoms with Gasteiger partial charge in [-0.3, -0.25) is 4.79 Å². The molecular weight excluding hydrogens is 116 g/mol. The highest BCUT2D eigenvalue weighted by Gasteiger charge is 2.00. The van der Waals surface area contributed by atoms with Gasteiger partial charge in [-0.25, -0.2) is 0 Å². The molecule has 3 nitrogen and oxygen atoms in total. The molecule has 0 fully saturated rings. The van der Waals surface area contributed by atoms with Crippen LogP contribution in [0, 0.1) is 11.3 Å². The minimum absolute atomic E-state index is 0.0255. The van der Waals surface area contributed by atoms with Crippen LogP contribution >= 0.6 is 0 Å². The molecule has 9 heavy (non-hydrogen) atoms. The van der Waals surface area contributed by atoms with Gasteiger partial charge in [0.1, 0.15) is 0 Å². The Morgan fingerprint density at radius 1 is 1.67 bits per heavy atom. The molecular formula is C6H10N2O. The molecule has 0 atom stereocenters. The molecule has 0 aliphatic rings. The number of carbonyl (C=O) groups excluding carboxylic acids is 1. The van der Waals surface area contributed by atoms with Gasteiger partial charge in [0.05, 0.1) is 19.0 Å². The van der Waals surface area contributed by atoms with Gasteiger partial charge in [0.25, 0.3) is 0 Å². The molecule has 3 heteroatoms. The summed E-state index contributed by atoms with van der Waals surface area (Å²) in [7, 11) is 3.60. The van der Waals surface area contributed by atoms with Crippen LogP contribution in [0.1, 0.15) is 6.42 Å². The van der Waals surface area contributed by atoms with Crippen LogP contribution in [-0.4, -0.2) is 31.3 Å². The number of Topliss-reactive ketones (excluding diaryl/α,β-unsaturated/α-hetero) is 1. The van der Waals surface area contributed by atoms with Gasteiger partial charge in [-0.2, -0.15) is 5.26 Å². The molecule has 0 aromatic rings. The Morgan fingerprint density at radius 3 is 2.56 bits per heavy atom. The predicted octanol–water partition coefficient (Wildman–Crippen LogP) is 0.0308. The zero-order valence-electron chi connectivity index (χ0n) is 5.72. The normalized spacial score (nSPS) is 9.11. The largest absolute Gasteiger partial charge is 0.302 e. The summed E-state index contributed by atoms with van der Waals surface area (Å²) in [5.41, 5.74) is 0. The average molecular weight is 126 g/mol. The second-order valence-corrected chi connectivity index (χ2v) is 2.11. The van der Waals surface area contributed by atoms with Crippen molar-refractivity contribution >= 4 is 5.78 Å². The first kappa shape index (κ1) is 8.12. The van der Waals surface area contributed by atoms with E-state index in [9.17, 15) is 4.79 Å². The second kappa shape index (κ2) is 4.04. The Bertz CT molecular complexity index is 134. The van der Waals surface area contributed by atoms with Crippen LogP contribution < -0.4 is 0 Å². The molecule has 0 amide bonds. The molecule has 0 N–H and O–H groups in total.